The highest BCUT2D eigenvalue weighted by molar-refractivity contribution is 4.87. The Balaban J connectivity index is 4.07. The molecule has 0 saturated carbocycles. The van der Waals surface area contributed by atoms with Crippen LogP contribution in [0.2, 0.25) is 0 Å². The van der Waals surface area contributed by atoms with E-state index in [0.717, 1.165) is 39.1 Å². The van der Waals surface area contributed by atoms with E-state index in [-0.39, 0.29) is 5.54 Å². The Hall–Kier alpha value is -0.120. The van der Waals surface area contributed by atoms with Gasteiger partial charge in [0.25, 0.3) is 0 Å². The maximum Gasteiger partial charge on any atom is 0.0593 e. The zero-order valence-corrected chi connectivity index (χ0v) is 10.2. The van der Waals surface area contributed by atoms with Gasteiger partial charge in [0.1, 0.15) is 0 Å². The van der Waals surface area contributed by atoms with Crippen molar-refractivity contribution in [3.8, 4) is 0 Å². The Kier molecular flexibility index (Phi) is 7.15. The summed E-state index contributed by atoms with van der Waals surface area (Å²) in [7, 11) is 2.14. The summed E-state index contributed by atoms with van der Waals surface area (Å²) in [5.41, 5.74) is 6.02. The van der Waals surface area contributed by atoms with Crippen LogP contribution in [0.1, 0.15) is 33.6 Å². The molecule has 3 heteroatoms. The molecule has 0 atom stereocenters. The number of hydrogen-bond donors (Lipinski definition) is 1. The highest BCUT2D eigenvalue weighted by atomic mass is 16.5. The molecule has 0 aromatic carbocycles. The average Bonchev–Trinajstić information content (AvgIpc) is 2.22. The molecular weight excluding hydrogens is 176 g/mol. The molecule has 0 aliphatic carbocycles. The van der Waals surface area contributed by atoms with Crippen molar-refractivity contribution in [3.05, 3.63) is 0 Å². The maximum absolute atomic E-state index is 5.85. The van der Waals surface area contributed by atoms with E-state index in [9.17, 15) is 0 Å². The second-order valence-corrected chi connectivity index (χ2v) is 3.75. The Morgan fingerprint density at radius 3 is 2.14 bits per heavy atom. The average molecular weight is 202 g/mol. The van der Waals surface area contributed by atoms with Crippen LogP contribution in [0.15, 0.2) is 0 Å². The molecule has 0 rings (SSSR count). The second-order valence-electron chi connectivity index (χ2n) is 3.75. The van der Waals surface area contributed by atoms with Crippen molar-refractivity contribution in [2.45, 2.75) is 39.2 Å². The van der Waals surface area contributed by atoms with Crippen molar-refractivity contribution in [1.82, 2.24) is 4.90 Å². The fraction of sp³-hybridized carbons (Fsp3) is 1.00. The van der Waals surface area contributed by atoms with E-state index in [0.29, 0.717) is 0 Å². The molecule has 0 aromatic rings. The lowest BCUT2D eigenvalue weighted by molar-refractivity contribution is 0.0628. The third-order valence-corrected chi connectivity index (χ3v) is 3.28. The van der Waals surface area contributed by atoms with Gasteiger partial charge in [-0.1, -0.05) is 13.8 Å². The van der Waals surface area contributed by atoms with Gasteiger partial charge < -0.3 is 10.5 Å². The zero-order chi connectivity index (χ0) is 11.0. The standard InChI is InChI=1S/C11H26N2O/c1-5-11(6-2,10-12)13(4)8-9-14-7-3/h5-10,12H2,1-4H3. The minimum Gasteiger partial charge on any atom is -0.380 e. The molecule has 0 aliphatic rings. The number of nitrogens with zero attached hydrogens (tertiary/aromatic N) is 1. The molecule has 0 heterocycles. The van der Waals surface area contributed by atoms with Crippen LogP contribution in [0.5, 0.6) is 0 Å². The van der Waals surface area contributed by atoms with Crippen LogP contribution in [0.4, 0.5) is 0 Å². The molecule has 0 aromatic heterocycles. The highest BCUT2D eigenvalue weighted by Gasteiger charge is 2.28. The van der Waals surface area contributed by atoms with Gasteiger partial charge in [-0.2, -0.15) is 0 Å². The van der Waals surface area contributed by atoms with Gasteiger partial charge in [0.2, 0.25) is 0 Å². The molecular formula is C11H26N2O. The van der Waals surface area contributed by atoms with E-state index in [1.165, 1.54) is 0 Å². The maximum atomic E-state index is 5.85. The van der Waals surface area contributed by atoms with Gasteiger partial charge in [0.15, 0.2) is 0 Å². The molecule has 0 radical (unpaired) electrons. The normalized spacial score (nSPS) is 12.4. The fourth-order valence-corrected chi connectivity index (χ4v) is 1.82. The highest BCUT2D eigenvalue weighted by Crippen LogP contribution is 2.20. The molecule has 2 N–H and O–H groups in total. The van der Waals surface area contributed by atoms with E-state index in [1.54, 1.807) is 0 Å². The summed E-state index contributed by atoms with van der Waals surface area (Å²) in [4.78, 5) is 2.34. The third kappa shape index (κ3) is 3.56. The summed E-state index contributed by atoms with van der Waals surface area (Å²) in [6, 6.07) is 0. The van der Waals surface area contributed by atoms with Gasteiger partial charge in [0.05, 0.1) is 6.61 Å². The zero-order valence-electron chi connectivity index (χ0n) is 10.2. The number of hydrogen-bond acceptors (Lipinski definition) is 3. The lowest BCUT2D eigenvalue weighted by Crippen LogP contribution is -2.52. The molecule has 0 fully saturated rings. The topological polar surface area (TPSA) is 38.5 Å². The van der Waals surface area contributed by atoms with Crippen LogP contribution in [-0.4, -0.2) is 43.8 Å². The van der Waals surface area contributed by atoms with Crippen molar-refractivity contribution >= 4 is 0 Å². The first-order valence-electron chi connectivity index (χ1n) is 5.65. The van der Waals surface area contributed by atoms with Crippen molar-refractivity contribution in [2.24, 2.45) is 5.73 Å². The van der Waals surface area contributed by atoms with Crippen LogP contribution in [0, 0.1) is 0 Å². The SMILES string of the molecule is CCOCCN(C)C(CC)(CC)CN. The van der Waals surface area contributed by atoms with Gasteiger partial charge in [-0.15, -0.1) is 0 Å². The number of likely N-dealkylation sites (N-methyl/N-ethyl adjacent to an activating group) is 1. The van der Waals surface area contributed by atoms with Crippen LogP contribution in [0.3, 0.4) is 0 Å². The third-order valence-electron chi connectivity index (χ3n) is 3.28. The Morgan fingerprint density at radius 1 is 1.21 bits per heavy atom. The number of rotatable bonds is 8. The van der Waals surface area contributed by atoms with Crippen LogP contribution in [-0.2, 0) is 4.74 Å². The fourth-order valence-electron chi connectivity index (χ4n) is 1.82. The first kappa shape index (κ1) is 13.9. The van der Waals surface area contributed by atoms with Gasteiger partial charge in [-0.05, 0) is 26.8 Å². The van der Waals surface area contributed by atoms with Crippen LogP contribution >= 0.6 is 0 Å². The van der Waals surface area contributed by atoms with Crippen molar-refractivity contribution in [2.75, 3.05) is 33.4 Å². The molecule has 0 unspecified atom stereocenters. The molecule has 86 valence electrons. The van der Waals surface area contributed by atoms with Crippen molar-refractivity contribution in [3.63, 3.8) is 0 Å². The van der Waals surface area contributed by atoms with E-state index in [2.05, 4.69) is 25.8 Å². The Labute approximate surface area is 88.6 Å². The van der Waals surface area contributed by atoms with Gasteiger partial charge >= 0.3 is 0 Å². The smallest absolute Gasteiger partial charge is 0.0593 e. The first-order chi connectivity index (χ1) is 6.66. The van der Waals surface area contributed by atoms with Crippen molar-refractivity contribution < 1.29 is 4.74 Å². The summed E-state index contributed by atoms with van der Waals surface area (Å²) in [5, 5.41) is 0. The summed E-state index contributed by atoms with van der Waals surface area (Å²) < 4.78 is 5.35. The molecule has 0 bridgehead atoms. The lowest BCUT2D eigenvalue weighted by atomic mass is 9.91. The minimum absolute atomic E-state index is 0.164. The van der Waals surface area contributed by atoms with Crippen LogP contribution in [0.25, 0.3) is 0 Å². The quantitative estimate of drug-likeness (QED) is 0.606. The van der Waals surface area contributed by atoms with Gasteiger partial charge in [-0.25, -0.2) is 0 Å². The lowest BCUT2D eigenvalue weighted by Gasteiger charge is -2.40. The van der Waals surface area contributed by atoms with E-state index >= 15 is 0 Å². The Morgan fingerprint density at radius 2 is 1.79 bits per heavy atom. The number of ether oxygens (including phenoxy) is 1. The predicted octanol–water partition coefficient (Wildman–Crippen LogP) is 1.47. The summed E-state index contributed by atoms with van der Waals surface area (Å²) >= 11 is 0. The Bertz CT molecular complexity index is 127. The van der Waals surface area contributed by atoms with Gasteiger partial charge in [0, 0.05) is 25.2 Å². The van der Waals surface area contributed by atoms with Gasteiger partial charge in [-0.3, -0.25) is 4.90 Å². The predicted molar refractivity (Wildman–Crippen MR) is 61.5 cm³/mol. The summed E-state index contributed by atoms with van der Waals surface area (Å²) in [6.07, 6.45) is 2.20. The molecule has 0 saturated heterocycles. The van der Waals surface area contributed by atoms with Crippen molar-refractivity contribution in [1.29, 1.82) is 0 Å². The largest absolute Gasteiger partial charge is 0.380 e. The van der Waals surface area contributed by atoms with E-state index < -0.39 is 0 Å². The summed E-state index contributed by atoms with van der Waals surface area (Å²) in [5.74, 6) is 0. The minimum atomic E-state index is 0.164. The number of nitrogens with two attached hydrogens (primary N) is 1. The molecule has 14 heavy (non-hydrogen) atoms. The second kappa shape index (κ2) is 7.21. The van der Waals surface area contributed by atoms with E-state index in [4.69, 9.17) is 10.5 Å². The monoisotopic (exact) mass is 202 g/mol. The molecule has 0 aliphatic heterocycles. The van der Waals surface area contributed by atoms with E-state index in [1.807, 2.05) is 6.92 Å². The summed E-state index contributed by atoms with van der Waals surface area (Å²) in [6.45, 7) is 9.71. The molecule has 0 amide bonds. The molecule has 0 spiro atoms. The van der Waals surface area contributed by atoms with Crippen LogP contribution < -0.4 is 5.73 Å². The molecule has 3 nitrogen and oxygen atoms in total. The first-order valence-corrected chi connectivity index (χ1v) is 5.65.